The molecule has 0 spiro atoms. The number of nitrogens with zero attached hydrogens (tertiary/aromatic N) is 2. The van der Waals surface area contributed by atoms with Crippen molar-refractivity contribution in [2.45, 2.75) is 26.3 Å². The summed E-state index contributed by atoms with van der Waals surface area (Å²) >= 11 is 0. The minimum absolute atomic E-state index is 0.258. The highest BCUT2D eigenvalue weighted by Crippen LogP contribution is 2.06. The Hall–Kier alpha value is -0.990. The lowest BCUT2D eigenvalue weighted by molar-refractivity contribution is 0.393. The van der Waals surface area contributed by atoms with Gasteiger partial charge in [-0.1, -0.05) is 13.3 Å². The molecular weight excluding hydrogens is 128 g/mol. The van der Waals surface area contributed by atoms with Gasteiger partial charge in [-0.3, -0.25) is 0 Å². The number of rotatable bonds is 3. The number of aromatic nitrogens is 2. The van der Waals surface area contributed by atoms with Gasteiger partial charge in [0.1, 0.15) is 0 Å². The molecule has 0 atom stereocenters. The summed E-state index contributed by atoms with van der Waals surface area (Å²) in [6, 6.07) is 1.59. The van der Waals surface area contributed by atoms with Crippen LogP contribution in [-0.4, -0.2) is 14.9 Å². The first-order chi connectivity index (χ1) is 4.84. The molecule has 0 unspecified atom stereocenters. The normalized spacial score (nSPS) is 10.1. The third-order valence-corrected chi connectivity index (χ3v) is 1.42. The van der Waals surface area contributed by atoms with Gasteiger partial charge in [-0.2, -0.15) is 5.10 Å². The minimum atomic E-state index is 0.258. The summed E-state index contributed by atoms with van der Waals surface area (Å²) in [5, 5.41) is 13.0. The van der Waals surface area contributed by atoms with Crippen molar-refractivity contribution in [2.75, 3.05) is 0 Å². The SMILES string of the molecule is CCCCn1nccc1O. The summed E-state index contributed by atoms with van der Waals surface area (Å²) in [6.45, 7) is 2.93. The van der Waals surface area contributed by atoms with E-state index in [4.69, 9.17) is 5.11 Å². The van der Waals surface area contributed by atoms with Crippen LogP contribution in [0.25, 0.3) is 0 Å². The van der Waals surface area contributed by atoms with Gasteiger partial charge in [-0.05, 0) is 6.42 Å². The third kappa shape index (κ3) is 1.50. The van der Waals surface area contributed by atoms with Crippen molar-refractivity contribution in [3.63, 3.8) is 0 Å². The van der Waals surface area contributed by atoms with Gasteiger partial charge < -0.3 is 5.11 Å². The molecule has 0 saturated heterocycles. The van der Waals surface area contributed by atoms with E-state index in [1.54, 1.807) is 16.9 Å². The summed E-state index contributed by atoms with van der Waals surface area (Å²) in [6.07, 6.45) is 3.79. The highest BCUT2D eigenvalue weighted by atomic mass is 16.3. The molecule has 0 aliphatic carbocycles. The Morgan fingerprint density at radius 2 is 2.50 bits per heavy atom. The third-order valence-electron chi connectivity index (χ3n) is 1.42. The van der Waals surface area contributed by atoms with Gasteiger partial charge in [0.25, 0.3) is 0 Å². The summed E-state index contributed by atoms with van der Waals surface area (Å²) in [5.41, 5.74) is 0. The summed E-state index contributed by atoms with van der Waals surface area (Å²) < 4.78 is 1.60. The average molecular weight is 140 g/mol. The van der Waals surface area contributed by atoms with Crippen LogP contribution in [0, 0.1) is 0 Å². The molecule has 0 amide bonds. The fraction of sp³-hybridized carbons (Fsp3) is 0.571. The van der Waals surface area contributed by atoms with Gasteiger partial charge in [0.15, 0.2) is 0 Å². The molecule has 3 heteroatoms. The lowest BCUT2D eigenvalue weighted by atomic mass is 10.3. The molecule has 1 aromatic rings. The zero-order chi connectivity index (χ0) is 7.40. The fourth-order valence-corrected chi connectivity index (χ4v) is 0.806. The summed E-state index contributed by atoms with van der Waals surface area (Å²) in [4.78, 5) is 0. The van der Waals surface area contributed by atoms with E-state index in [0.29, 0.717) is 0 Å². The number of aryl methyl sites for hydroxylation is 1. The Morgan fingerprint density at radius 3 is 3.00 bits per heavy atom. The lowest BCUT2D eigenvalue weighted by Gasteiger charge is -1.99. The maximum Gasteiger partial charge on any atom is 0.209 e. The minimum Gasteiger partial charge on any atom is -0.493 e. The van der Waals surface area contributed by atoms with Crippen molar-refractivity contribution < 1.29 is 5.11 Å². The molecule has 0 saturated carbocycles. The van der Waals surface area contributed by atoms with E-state index in [2.05, 4.69) is 12.0 Å². The zero-order valence-corrected chi connectivity index (χ0v) is 6.12. The van der Waals surface area contributed by atoms with Gasteiger partial charge in [0, 0.05) is 12.6 Å². The predicted octanol–water partition coefficient (Wildman–Crippen LogP) is 1.39. The standard InChI is InChI=1S/C7H12N2O/c1-2-3-6-9-7(10)4-5-8-9/h4-5,10H,2-3,6H2,1H3. The molecule has 10 heavy (non-hydrogen) atoms. The largest absolute Gasteiger partial charge is 0.493 e. The number of aromatic hydroxyl groups is 1. The molecular formula is C7H12N2O. The fourth-order valence-electron chi connectivity index (χ4n) is 0.806. The van der Waals surface area contributed by atoms with E-state index in [1.807, 2.05) is 0 Å². The molecule has 1 heterocycles. The van der Waals surface area contributed by atoms with Crippen LogP contribution in [0.5, 0.6) is 5.88 Å². The smallest absolute Gasteiger partial charge is 0.209 e. The van der Waals surface area contributed by atoms with Gasteiger partial charge in [-0.25, -0.2) is 4.68 Å². The van der Waals surface area contributed by atoms with E-state index in [1.165, 1.54) is 0 Å². The first kappa shape index (κ1) is 7.12. The topological polar surface area (TPSA) is 38.0 Å². The molecule has 0 radical (unpaired) electrons. The van der Waals surface area contributed by atoms with E-state index < -0.39 is 0 Å². The second-order valence-corrected chi connectivity index (χ2v) is 2.27. The van der Waals surface area contributed by atoms with Crippen molar-refractivity contribution in [3.05, 3.63) is 12.3 Å². The molecule has 1 rings (SSSR count). The maximum absolute atomic E-state index is 9.08. The van der Waals surface area contributed by atoms with Crippen molar-refractivity contribution in [1.29, 1.82) is 0 Å². The number of hydrogen-bond donors (Lipinski definition) is 1. The van der Waals surface area contributed by atoms with Gasteiger partial charge in [0.2, 0.25) is 5.88 Å². The molecule has 1 N–H and O–H groups in total. The maximum atomic E-state index is 9.08. The monoisotopic (exact) mass is 140 g/mol. The lowest BCUT2D eigenvalue weighted by Crippen LogP contribution is -1.98. The quantitative estimate of drug-likeness (QED) is 0.689. The molecule has 0 aliphatic heterocycles. The van der Waals surface area contributed by atoms with E-state index in [9.17, 15) is 0 Å². The summed E-state index contributed by atoms with van der Waals surface area (Å²) in [5.74, 6) is 0.258. The zero-order valence-electron chi connectivity index (χ0n) is 6.12. The Bertz CT molecular complexity index is 195. The Morgan fingerprint density at radius 1 is 1.70 bits per heavy atom. The van der Waals surface area contributed by atoms with E-state index in [-0.39, 0.29) is 5.88 Å². The molecule has 0 aromatic carbocycles. The van der Waals surface area contributed by atoms with Crippen molar-refractivity contribution in [2.24, 2.45) is 0 Å². The van der Waals surface area contributed by atoms with Crippen molar-refractivity contribution in [3.8, 4) is 5.88 Å². The first-order valence-corrected chi connectivity index (χ1v) is 3.55. The molecule has 56 valence electrons. The van der Waals surface area contributed by atoms with Gasteiger partial charge in [0.05, 0.1) is 6.20 Å². The van der Waals surface area contributed by atoms with Crippen LogP contribution in [0.2, 0.25) is 0 Å². The second kappa shape index (κ2) is 3.25. The Labute approximate surface area is 60.3 Å². The molecule has 0 bridgehead atoms. The van der Waals surface area contributed by atoms with Crippen LogP contribution in [0.15, 0.2) is 12.3 Å². The highest BCUT2D eigenvalue weighted by Gasteiger charge is 1.95. The van der Waals surface area contributed by atoms with E-state index in [0.717, 1.165) is 19.4 Å². The van der Waals surface area contributed by atoms with Crippen LogP contribution >= 0.6 is 0 Å². The van der Waals surface area contributed by atoms with E-state index >= 15 is 0 Å². The molecule has 0 aliphatic rings. The summed E-state index contributed by atoms with van der Waals surface area (Å²) in [7, 11) is 0. The first-order valence-electron chi connectivity index (χ1n) is 3.55. The second-order valence-electron chi connectivity index (χ2n) is 2.27. The van der Waals surface area contributed by atoms with Gasteiger partial charge >= 0.3 is 0 Å². The predicted molar refractivity (Wildman–Crippen MR) is 38.8 cm³/mol. The van der Waals surface area contributed by atoms with Crippen LogP contribution < -0.4 is 0 Å². The molecule has 0 fully saturated rings. The average Bonchev–Trinajstić information content (AvgIpc) is 2.31. The van der Waals surface area contributed by atoms with Crippen molar-refractivity contribution in [1.82, 2.24) is 9.78 Å². The van der Waals surface area contributed by atoms with Crippen LogP contribution in [0.4, 0.5) is 0 Å². The number of hydrogen-bond acceptors (Lipinski definition) is 2. The van der Waals surface area contributed by atoms with Crippen LogP contribution in [0.3, 0.4) is 0 Å². The van der Waals surface area contributed by atoms with Gasteiger partial charge in [-0.15, -0.1) is 0 Å². The highest BCUT2D eigenvalue weighted by molar-refractivity contribution is 5.04. The number of unbranched alkanes of at least 4 members (excludes halogenated alkanes) is 1. The molecule has 3 nitrogen and oxygen atoms in total. The van der Waals surface area contributed by atoms with Crippen LogP contribution in [0.1, 0.15) is 19.8 Å². The molecule has 1 aromatic heterocycles. The van der Waals surface area contributed by atoms with Crippen molar-refractivity contribution >= 4 is 0 Å². The Kier molecular flexibility index (Phi) is 2.31. The Balaban J connectivity index is 2.49. The van der Waals surface area contributed by atoms with Crippen LogP contribution in [-0.2, 0) is 6.54 Å².